The second kappa shape index (κ2) is 7.50. The van der Waals surface area contributed by atoms with E-state index < -0.39 is 12.0 Å². The van der Waals surface area contributed by atoms with E-state index in [2.05, 4.69) is 9.88 Å². The van der Waals surface area contributed by atoms with Crippen LogP contribution in [-0.4, -0.2) is 46.1 Å². The summed E-state index contributed by atoms with van der Waals surface area (Å²) in [5, 5.41) is 20.2. The number of nitrogens with one attached hydrogen (secondary N) is 2. The summed E-state index contributed by atoms with van der Waals surface area (Å²) < 4.78 is 0. The van der Waals surface area contributed by atoms with Gasteiger partial charge in [-0.1, -0.05) is 25.1 Å². The number of ketones is 1. The molecule has 1 fully saturated rings. The molecule has 2 aromatic rings. The van der Waals surface area contributed by atoms with Crippen LogP contribution in [0.2, 0.25) is 0 Å². The summed E-state index contributed by atoms with van der Waals surface area (Å²) in [6, 6.07) is 7.81. The molecule has 0 saturated carbocycles. The number of β-amino-alcohol motifs (C(OH)–C–C–N with tert-alkyl or cyclic N) is 1. The monoisotopic (exact) mass is 341 g/mol. The highest BCUT2D eigenvalue weighted by Crippen LogP contribution is 2.34. The summed E-state index contributed by atoms with van der Waals surface area (Å²) in [6.07, 6.45) is 2.19. The number of Topliss-reactive ketones (excluding diaryl/α,β-unsaturated/α-hetero) is 1. The number of rotatable bonds is 7. The van der Waals surface area contributed by atoms with Gasteiger partial charge in [-0.2, -0.15) is 0 Å². The molecule has 3 rings (SSSR count). The molecule has 1 aliphatic heterocycles. The van der Waals surface area contributed by atoms with Gasteiger partial charge in [-0.25, -0.2) is 0 Å². The minimum Gasteiger partial charge on any atom is -0.387 e. The fourth-order valence-corrected chi connectivity index (χ4v) is 3.90. The number of aliphatic hydroxyl groups is 1. The average molecular weight is 341 g/mol. The molecule has 2 atom stereocenters. The number of carbonyl (C=O) groups excluding carboxylic acids is 1. The third-order valence-electron chi connectivity index (χ3n) is 5.16. The molecule has 0 bridgehead atoms. The van der Waals surface area contributed by atoms with E-state index in [1.165, 1.54) is 19.8 Å². The lowest BCUT2D eigenvalue weighted by Crippen LogP contribution is -2.27. The lowest BCUT2D eigenvalue weighted by molar-refractivity contribution is -0.117. The Morgan fingerprint density at radius 3 is 2.64 bits per heavy atom. The molecule has 5 nitrogen and oxygen atoms in total. The van der Waals surface area contributed by atoms with E-state index in [0.29, 0.717) is 24.4 Å². The highest BCUT2D eigenvalue weighted by Gasteiger charge is 2.30. The maximum absolute atomic E-state index is 12.3. The van der Waals surface area contributed by atoms with Crippen LogP contribution < -0.4 is 0 Å². The number of nitrogens with zero attached hydrogens (tertiary/aromatic N) is 1. The SMILES string of the molecule is CCC(=N)C(C(C)=O)c1[nH]c2ccccc2c1C(O)CN1CCCC1. The minimum absolute atomic E-state index is 0.0620. The highest BCUT2D eigenvalue weighted by molar-refractivity contribution is 6.08. The van der Waals surface area contributed by atoms with Gasteiger partial charge < -0.3 is 20.4 Å². The van der Waals surface area contributed by atoms with Gasteiger partial charge in [0.05, 0.1) is 12.0 Å². The van der Waals surface area contributed by atoms with Crippen molar-refractivity contribution < 1.29 is 9.90 Å². The first-order valence-electron chi connectivity index (χ1n) is 9.11. The van der Waals surface area contributed by atoms with Crippen LogP contribution in [0.4, 0.5) is 0 Å². The molecular weight excluding hydrogens is 314 g/mol. The summed E-state index contributed by atoms with van der Waals surface area (Å²) >= 11 is 0. The first-order valence-corrected chi connectivity index (χ1v) is 9.11. The predicted molar refractivity (Wildman–Crippen MR) is 100 cm³/mol. The van der Waals surface area contributed by atoms with E-state index in [0.717, 1.165) is 29.6 Å². The first-order chi connectivity index (χ1) is 12.0. The second-order valence-corrected chi connectivity index (χ2v) is 6.94. The Morgan fingerprint density at radius 1 is 1.32 bits per heavy atom. The number of carbonyl (C=O) groups is 1. The van der Waals surface area contributed by atoms with Crippen molar-refractivity contribution in [2.45, 2.75) is 45.1 Å². The zero-order valence-corrected chi connectivity index (χ0v) is 15.0. The fraction of sp³-hybridized carbons (Fsp3) is 0.500. The van der Waals surface area contributed by atoms with Crippen molar-refractivity contribution in [1.82, 2.24) is 9.88 Å². The van der Waals surface area contributed by atoms with Gasteiger partial charge in [-0.05, 0) is 45.3 Å². The van der Waals surface area contributed by atoms with Crippen molar-refractivity contribution in [2.24, 2.45) is 0 Å². The zero-order valence-electron chi connectivity index (χ0n) is 15.0. The Balaban J connectivity index is 2.07. The molecule has 0 aliphatic carbocycles. The number of aromatic amines is 1. The summed E-state index contributed by atoms with van der Waals surface area (Å²) in [7, 11) is 0. The molecule has 134 valence electrons. The number of likely N-dealkylation sites (tertiary alicyclic amines) is 1. The van der Waals surface area contributed by atoms with Crippen molar-refractivity contribution in [3.8, 4) is 0 Å². The maximum atomic E-state index is 12.3. The topological polar surface area (TPSA) is 80.2 Å². The molecule has 1 aliphatic rings. The van der Waals surface area contributed by atoms with E-state index in [9.17, 15) is 9.90 Å². The molecule has 1 aromatic heterocycles. The minimum atomic E-state index is -0.671. The lowest BCUT2D eigenvalue weighted by Gasteiger charge is -2.22. The van der Waals surface area contributed by atoms with Gasteiger partial charge >= 0.3 is 0 Å². The number of H-pyrrole nitrogens is 1. The molecule has 0 spiro atoms. The van der Waals surface area contributed by atoms with E-state index in [1.54, 1.807) is 0 Å². The highest BCUT2D eigenvalue weighted by atomic mass is 16.3. The van der Waals surface area contributed by atoms with Crippen LogP contribution in [0.15, 0.2) is 24.3 Å². The Hall–Kier alpha value is -1.98. The molecule has 5 heteroatoms. The smallest absolute Gasteiger partial charge is 0.144 e. The summed E-state index contributed by atoms with van der Waals surface area (Å²) in [6.45, 7) is 6.00. The Kier molecular flexibility index (Phi) is 5.35. The number of para-hydroxylation sites is 1. The molecule has 0 radical (unpaired) electrons. The van der Waals surface area contributed by atoms with E-state index in [1.807, 2.05) is 31.2 Å². The molecule has 2 heterocycles. The largest absolute Gasteiger partial charge is 0.387 e. The fourth-order valence-electron chi connectivity index (χ4n) is 3.90. The van der Waals surface area contributed by atoms with E-state index >= 15 is 0 Å². The number of fused-ring (bicyclic) bond motifs is 1. The second-order valence-electron chi connectivity index (χ2n) is 6.94. The van der Waals surface area contributed by atoms with Crippen LogP contribution in [-0.2, 0) is 4.79 Å². The van der Waals surface area contributed by atoms with Crippen LogP contribution in [0.5, 0.6) is 0 Å². The molecule has 1 saturated heterocycles. The molecule has 1 aromatic carbocycles. The summed E-state index contributed by atoms with van der Waals surface area (Å²) in [5.41, 5.74) is 2.75. The van der Waals surface area contributed by atoms with Crippen molar-refractivity contribution in [3.63, 3.8) is 0 Å². The quantitative estimate of drug-likeness (QED) is 0.675. The van der Waals surface area contributed by atoms with Gasteiger partial charge in [0.15, 0.2) is 0 Å². The predicted octanol–water partition coefficient (Wildman–Crippen LogP) is 3.40. The Bertz CT molecular complexity index is 774. The Labute approximate surface area is 148 Å². The van der Waals surface area contributed by atoms with Crippen molar-refractivity contribution in [3.05, 3.63) is 35.5 Å². The van der Waals surface area contributed by atoms with Gasteiger partial charge in [0, 0.05) is 34.4 Å². The van der Waals surface area contributed by atoms with Crippen molar-refractivity contribution >= 4 is 22.4 Å². The van der Waals surface area contributed by atoms with Crippen molar-refractivity contribution in [2.75, 3.05) is 19.6 Å². The first kappa shape index (κ1) is 17.8. The summed E-state index contributed by atoms with van der Waals surface area (Å²) in [5.74, 6) is -0.673. The molecule has 3 N–H and O–H groups in total. The molecule has 2 unspecified atom stereocenters. The third-order valence-corrected chi connectivity index (χ3v) is 5.16. The van der Waals surface area contributed by atoms with Gasteiger partial charge in [0.1, 0.15) is 5.78 Å². The summed E-state index contributed by atoms with van der Waals surface area (Å²) in [4.78, 5) is 17.9. The molecule has 25 heavy (non-hydrogen) atoms. The van der Waals surface area contributed by atoms with Gasteiger partial charge in [-0.15, -0.1) is 0 Å². The third kappa shape index (κ3) is 3.53. The van der Waals surface area contributed by atoms with Crippen molar-refractivity contribution in [1.29, 1.82) is 5.41 Å². The van der Waals surface area contributed by atoms with Gasteiger partial charge in [-0.3, -0.25) is 4.79 Å². The van der Waals surface area contributed by atoms with Crippen LogP contribution in [0.25, 0.3) is 10.9 Å². The van der Waals surface area contributed by atoms with E-state index in [4.69, 9.17) is 5.41 Å². The number of hydrogen-bond acceptors (Lipinski definition) is 4. The van der Waals surface area contributed by atoms with Crippen LogP contribution >= 0.6 is 0 Å². The number of hydrogen-bond donors (Lipinski definition) is 3. The van der Waals surface area contributed by atoms with Gasteiger partial charge in [0.2, 0.25) is 0 Å². The standard InChI is InChI=1S/C20H27N3O2/c1-3-15(21)18(13(2)24)20-19(14-8-4-5-9-16(14)22-20)17(25)12-23-10-6-7-11-23/h4-5,8-9,17-18,21-22,25H,3,6-7,10-12H2,1-2H3. The zero-order chi connectivity index (χ0) is 18.0. The number of aliphatic hydroxyl groups excluding tert-OH is 1. The number of benzene rings is 1. The lowest BCUT2D eigenvalue weighted by atomic mass is 9.89. The van der Waals surface area contributed by atoms with E-state index in [-0.39, 0.29) is 5.78 Å². The number of aromatic nitrogens is 1. The van der Waals surface area contributed by atoms with Crippen LogP contribution in [0.1, 0.15) is 56.4 Å². The van der Waals surface area contributed by atoms with Gasteiger partial charge in [0.25, 0.3) is 0 Å². The molecular formula is C20H27N3O2. The average Bonchev–Trinajstić information content (AvgIpc) is 3.21. The van der Waals surface area contributed by atoms with Crippen LogP contribution in [0, 0.1) is 5.41 Å². The molecule has 0 amide bonds. The maximum Gasteiger partial charge on any atom is 0.144 e. The van der Waals surface area contributed by atoms with Crippen LogP contribution in [0.3, 0.4) is 0 Å². The Morgan fingerprint density at radius 2 is 2.00 bits per heavy atom. The normalized spacial score (nSPS) is 17.7.